The van der Waals surface area contributed by atoms with Crippen LogP contribution < -0.4 is 5.32 Å². The van der Waals surface area contributed by atoms with Gasteiger partial charge in [0.2, 0.25) is 5.91 Å². The molecule has 3 nitrogen and oxygen atoms in total. The van der Waals surface area contributed by atoms with E-state index in [9.17, 15) is 4.79 Å². The maximum atomic E-state index is 12.3. The van der Waals surface area contributed by atoms with E-state index in [-0.39, 0.29) is 11.8 Å². The summed E-state index contributed by atoms with van der Waals surface area (Å²) < 4.78 is 0. The van der Waals surface area contributed by atoms with Gasteiger partial charge in [-0.1, -0.05) is 29.8 Å². The van der Waals surface area contributed by atoms with Gasteiger partial charge in [0.25, 0.3) is 0 Å². The minimum absolute atomic E-state index is 0.0343. The number of carbonyl (C=O) groups is 1. The lowest BCUT2D eigenvalue weighted by Gasteiger charge is -2.30. The van der Waals surface area contributed by atoms with Gasteiger partial charge < -0.3 is 10.2 Å². The number of nitrogens with one attached hydrogen (secondary N) is 1. The van der Waals surface area contributed by atoms with Gasteiger partial charge in [0.05, 0.1) is 5.92 Å². The van der Waals surface area contributed by atoms with Crippen molar-refractivity contribution in [2.24, 2.45) is 0 Å². The number of amides is 1. The lowest BCUT2D eigenvalue weighted by atomic mass is 9.98. The second-order valence-corrected chi connectivity index (χ2v) is 4.71. The third kappa shape index (κ3) is 2.86. The van der Waals surface area contributed by atoms with Gasteiger partial charge in [-0.2, -0.15) is 0 Å². The molecule has 1 aromatic rings. The highest BCUT2D eigenvalue weighted by atomic mass is 16.2. The molecule has 1 saturated heterocycles. The number of nitrogens with zero attached hydrogens (tertiary/aromatic N) is 1. The lowest BCUT2D eigenvalue weighted by Crippen LogP contribution is -2.47. The van der Waals surface area contributed by atoms with E-state index in [1.807, 2.05) is 24.0 Å². The molecule has 0 radical (unpaired) electrons. The van der Waals surface area contributed by atoms with E-state index in [4.69, 9.17) is 0 Å². The largest absolute Gasteiger partial charge is 0.340 e. The Balaban J connectivity index is 2.08. The Morgan fingerprint density at radius 1 is 1.35 bits per heavy atom. The quantitative estimate of drug-likeness (QED) is 0.838. The van der Waals surface area contributed by atoms with Gasteiger partial charge in [-0.25, -0.2) is 0 Å². The molecule has 17 heavy (non-hydrogen) atoms. The molecule has 1 amide bonds. The first-order chi connectivity index (χ1) is 8.18. The molecule has 1 aliphatic rings. The summed E-state index contributed by atoms with van der Waals surface area (Å²) in [5, 5.41) is 3.26. The highest BCUT2D eigenvalue weighted by Crippen LogP contribution is 2.19. The Kier molecular flexibility index (Phi) is 3.79. The molecule has 2 rings (SSSR count). The molecule has 0 aromatic heterocycles. The molecule has 1 heterocycles. The summed E-state index contributed by atoms with van der Waals surface area (Å²) >= 11 is 0. The van der Waals surface area contributed by atoms with Crippen molar-refractivity contribution in [1.29, 1.82) is 0 Å². The molecular weight excluding hydrogens is 212 g/mol. The van der Waals surface area contributed by atoms with Crippen LogP contribution in [-0.4, -0.2) is 37.0 Å². The van der Waals surface area contributed by atoms with Crippen LogP contribution in [0.5, 0.6) is 0 Å². The van der Waals surface area contributed by atoms with Gasteiger partial charge in [0.1, 0.15) is 0 Å². The molecule has 0 saturated carbocycles. The third-order valence-electron chi connectivity index (χ3n) is 3.34. The minimum atomic E-state index is -0.0343. The summed E-state index contributed by atoms with van der Waals surface area (Å²) in [5.74, 6) is 0.213. The molecule has 3 heteroatoms. The average molecular weight is 232 g/mol. The first-order valence-electron chi connectivity index (χ1n) is 6.24. The molecule has 92 valence electrons. The zero-order valence-electron chi connectivity index (χ0n) is 10.6. The Bertz CT molecular complexity index is 397. The average Bonchev–Trinajstić information content (AvgIpc) is 2.38. The Hall–Kier alpha value is -1.35. The molecule has 0 spiro atoms. The van der Waals surface area contributed by atoms with Crippen molar-refractivity contribution in [1.82, 2.24) is 10.2 Å². The van der Waals surface area contributed by atoms with Gasteiger partial charge in [-0.05, 0) is 19.4 Å². The number of rotatable bonds is 2. The van der Waals surface area contributed by atoms with Gasteiger partial charge >= 0.3 is 0 Å². The summed E-state index contributed by atoms with van der Waals surface area (Å²) in [4.78, 5) is 14.3. The number of hydrogen-bond donors (Lipinski definition) is 1. The van der Waals surface area contributed by atoms with Crippen LogP contribution in [0.4, 0.5) is 0 Å². The molecule has 0 bridgehead atoms. The van der Waals surface area contributed by atoms with Crippen LogP contribution in [0.3, 0.4) is 0 Å². The fourth-order valence-electron chi connectivity index (χ4n) is 2.24. The fraction of sp³-hybridized carbons (Fsp3) is 0.500. The first kappa shape index (κ1) is 12.1. The fourth-order valence-corrected chi connectivity index (χ4v) is 2.24. The van der Waals surface area contributed by atoms with E-state index in [2.05, 4.69) is 24.4 Å². The second-order valence-electron chi connectivity index (χ2n) is 4.71. The predicted molar refractivity (Wildman–Crippen MR) is 69.0 cm³/mol. The Morgan fingerprint density at radius 3 is 2.71 bits per heavy atom. The van der Waals surface area contributed by atoms with Crippen molar-refractivity contribution in [2.45, 2.75) is 19.8 Å². The zero-order chi connectivity index (χ0) is 12.3. The molecule has 1 N–H and O–H groups in total. The van der Waals surface area contributed by atoms with E-state index in [0.29, 0.717) is 0 Å². The van der Waals surface area contributed by atoms with E-state index >= 15 is 0 Å². The van der Waals surface area contributed by atoms with Crippen LogP contribution in [0.1, 0.15) is 24.0 Å². The number of benzene rings is 1. The van der Waals surface area contributed by atoms with Crippen molar-refractivity contribution in [3.05, 3.63) is 35.4 Å². The van der Waals surface area contributed by atoms with Crippen molar-refractivity contribution in [2.75, 3.05) is 26.2 Å². The molecule has 1 aliphatic heterocycles. The number of piperazine rings is 1. The summed E-state index contributed by atoms with van der Waals surface area (Å²) in [6, 6.07) is 8.22. The van der Waals surface area contributed by atoms with E-state index < -0.39 is 0 Å². The van der Waals surface area contributed by atoms with Gasteiger partial charge in [0, 0.05) is 26.2 Å². The van der Waals surface area contributed by atoms with Gasteiger partial charge in [-0.15, -0.1) is 0 Å². The van der Waals surface area contributed by atoms with Crippen LogP contribution in [0.15, 0.2) is 24.3 Å². The van der Waals surface area contributed by atoms with Crippen molar-refractivity contribution < 1.29 is 4.79 Å². The summed E-state index contributed by atoms with van der Waals surface area (Å²) in [6.45, 7) is 7.53. The highest BCUT2D eigenvalue weighted by Gasteiger charge is 2.22. The zero-order valence-corrected chi connectivity index (χ0v) is 10.6. The van der Waals surface area contributed by atoms with Crippen LogP contribution in [0, 0.1) is 6.92 Å². The molecule has 1 fully saturated rings. The summed E-state index contributed by atoms with van der Waals surface area (Å²) in [5.41, 5.74) is 2.33. The van der Waals surface area contributed by atoms with Crippen LogP contribution in [0.25, 0.3) is 0 Å². The van der Waals surface area contributed by atoms with Gasteiger partial charge in [0.15, 0.2) is 0 Å². The maximum absolute atomic E-state index is 12.3. The predicted octanol–water partition coefficient (Wildman–Crippen LogP) is 1.53. The smallest absolute Gasteiger partial charge is 0.229 e. The minimum Gasteiger partial charge on any atom is -0.340 e. The summed E-state index contributed by atoms with van der Waals surface area (Å²) in [6.07, 6.45) is 0. The topological polar surface area (TPSA) is 32.3 Å². The van der Waals surface area contributed by atoms with Crippen molar-refractivity contribution in [3.63, 3.8) is 0 Å². The van der Waals surface area contributed by atoms with E-state index in [1.165, 1.54) is 5.56 Å². The summed E-state index contributed by atoms with van der Waals surface area (Å²) in [7, 11) is 0. The molecular formula is C14H20N2O. The molecule has 1 unspecified atom stereocenters. The standard InChI is InChI=1S/C14H20N2O/c1-11-4-3-5-13(10-11)12(2)14(17)16-8-6-15-7-9-16/h3-5,10,12,15H,6-9H2,1-2H3. The number of hydrogen-bond acceptors (Lipinski definition) is 2. The highest BCUT2D eigenvalue weighted by molar-refractivity contribution is 5.83. The Morgan fingerprint density at radius 2 is 2.06 bits per heavy atom. The van der Waals surface area contributed by atoms with Crippen LogP contribution in [0.2, 0.25) is 0 Å². The van der Waals surface area contributed by atoms with Gasteiger partial charge in [-0.3, -0.25) is 4.79 Å². The molecule has 1 atom stereocenters. The maximum Gasteiger partial charge on any atom is 0.229 e. The second kappa shape index (κ2) is 5.32. The van der Waals surface area contributed by atoms with Crippen LogP contribution >= 0.6 is 0 Å². The lowest BCUT2D eigenvalue weighted by molar-refractivity contribution is -0.133. The number of aryl methyl sites for hydroxylation is 1. The molecule has 0 aliphatic carbocycles. The van der Waals surface area contributed by atoms with E-state index in [0.717, 1.165) is 31.7 Å². The van der Waals surface area contributed by atoms with Crippen molar-refractivity contribution >= 4 is 5.91 Å². The molecule has 1 aromatic carbocycles. The normalized spacial score (nSPS) is 17.9. The van der Waals surface area contributed by atoms with Crippen LogP contribution in [-0.2, 0) is 4.79 Å². The number of carbonyl (C=O) groups excluding carboxylic acids is 1. The monoisotopic (exact) mass is 232 g/mol. The van der Waals surface area contributed by atoms with Crippen molar-refractivity contribution in [3.8, 4) is 0 Å². The first-order valence-corrected chi connectivity index (χ1v) is 6.24. The SMILES string of the molecule is Cc1cccc(C(C)C(=O)N2CCNCC2)c1. The third-order valence-corrected chi connectivity index (χ3v) is 3.34. The Labute approximate surface area is 103 Å². The van der Waals surface area contributed by atoms with E-state index in [1.54, 1.807) is 0 Å².